The number of pyridine rings is 1. The van der Waals surface area contributed by atoms with Gasteiger partial charge in [0.1, 0.15) is 24.7 Å². The van der Waals surface area contributed by atoms with Gasteiger partial charge in [-0.2, -0.15) is 0 Å². The van der Waals surface area contributed by atoms with Gasteiger partial charge in [0.05, 0.1) is 36.6 Å². The van der Waals surface area contributed by atoms with Gasteiger partial charge in [0.25, 0.3) is 0 Å². The van der Waals surface area contributed by atoms with E-state index in [-0.39, 0.29) is 41.7 Å². The highest BCUT2D eigenvalue weighted by Crippen LogP contribution is 2.41. The van der Waals surface area contributed by atoms with Crippen LogP contribution < -0.4 is 29.7 Å². The van der Waals surface area contributed by atoms with Crippen molar-refractivity contribution in [2.24, 2.45) is 0 Å². The van der Waals surface area contributed by atoms with Crippen LogP contribution in [0.15, 0.2) is 65.6 Å². The first-order valence-corrected chi connectivity index (χ1v) is 15.7. The fourth-order valence-corrected chi connectivity index (χ4v) is 5.83. The lowest BCUT2D eigenvalue weighted by Gasteiger charge is -2.19. The maximum absolute atomic E-state index is 13.9. The predicted octanol–water partition coefficient (Wildman–Crippen LogP) is 5.60. The van der Waals surface area contributed by atoms with Gasteiger partial charge in [0.15, 0.2) is 16.9 Å². The van der Waals surface area contributed by atoms with E-state index in [0.717, 1.165) is 42.3 Å². The maximum Gasteiger partial charge on any atom is 0.224 e. The lowest BCUT2D eigenvalue weighted by Crippen LogP contribution is -2.35. The van der Waals surface area contributed by atoms with Crippen LogP contribution >= 0.6 is 11.6 Å². The lowest BCUT2D eigenvalue weighted by atomic mass is 10.1. The number of methoxy groups -OCH3 is 2. The van der Waals surface area contributed by atoms with Gasteiger partial charge < -0.3 is 33.7 Å². The smallest absolute Gasteiger partial charge is 0.224 e. The summed E-state index contributed by atoms with van der Waals surface area (Å²) in [7, 11) is 3.23. The molecule has 0 saturated carbocycles. The molecule has 1 fully saturated rings. The molecule has 0 radical (unpaired) electrons. The molecule has 0 bridgehead atoms. The van der Waals surface area contributed by atoms with Gasteiger partial charge in [0.2, 0.25) is 5.91 Å². The van der Waals surface area contributed by atoms with Gasteiger partial charge >= 0.3 is 0 Å². The normalized spacial score (nSPS) is 13.2. The van der Waals surface area contributed by atoms with Crippen LogP contribution in [0.1, 0.15) is 36.5 Å². The largest absolute Gasteiger partial charge is 0.497 e. The molecule has 4 aromatic rings. The minimum absolute atomic E-state index is 0.0388. The first kappa shape index (κ1) is 32.2. The van der Waals surface area contributed by atoms with Crippen LogP contribution in [0.3, 0.4) is 0 Å². The zero-order chi connectivity index (χ0) is 31.8. The number of nitrogens with zero attached hydrogens (tertiary/aromatic N) is 2. The number of carbonyl (C=O) groups is 1. The van der Waals surface area contributed by atoms with Gasteiger partial charge in [-0.05, 0) is 68.2 Å². The molecule has 238 valence electrons. The summed E-state index contributed by atoms with van der Waals surface area (Å²) < 4.78 is 25.0. The number of benzene rings is 3. The Morgan fingerprint density at radius 2 is 1.51 bits per heavy atom. The molecule has 5 rings (SSSR count). The van der Waals surface area contributed by atoms with Crippen molar-refractivity contribution in [3.8, 4) is 23.0 Å². The molecule has 1 amide bonds. The van der Waals surface area contributed by atoms with Gasteiger partial charge in [-0.3, -0.25) is 9.59 Å². The fraction of sp³-hybridized carbons (Fsp3) is 0.371. The summed E-state index contributed by atoms with van der Waals surface area (Å²) in [5.74, 6) is 1.96. The number of amides is 1. The predicted molar refractivity (Wildman–Crippen MR) is 176 cm³/mol. The second-order valence-corrected chi connectivity index (χ2v) is 11.4. The van der Waals surface area contributed by atoms with Crippen LogP contribution in [0, 0.1) is 0 Å². The third kappa shape index (κ3) is 7.90. The number of hydrogen-bond acceptors (Lipinski definition) is 7. The van der Waals surface area contributed by atoms with E-state index in [9.17, 15) is 9.59 Å². The molecule has 0 spiro atoms. The Labute approximate surface area is 268 Å². The molecule has 1 saturated heterocycles. The maximum atomic E-state index is 13.9. The number of halogens is 1. The summed E-state index contributed by atoms with van der Waals surface area (Å²) in [4.78, 5) is 29.1. The Hall–Kier alpha value is -4.21. The minimum Gasteiger partial charge on any atom is -0.497 e. The lowest BCUT2D eigenvalue weighted by molar-refractivity contribution is -0.120. The van der Waals surface area contributed by atoms with Crippen LogP contribution in [0.5, 0.6) is 23.0 Å². The average molecular weight is 634 g/mol. The van der Waals surface area contributed by atoms with Crippen molar-refractivity contribution >= 4 is 28.4 Å². The number of aryl methyl sites for hydroxylation is 1. The first-order valence-electron chi connectivity index (χ1n) is 15.3. The van der Waals surface area contributed by atoms with E-state index >= 15 is 0 Å². The standard InChI is InChI=1S/C35H40ClN3O6/c1-4-39-21-26(19-31(40)37-15-18-38-16-5-6-17-38)34(41)32-29(39)20-30(44-22-24-7-11-27(42-2)12-8-24)35(33(32)36)45-23-25-9-13-28(43-3)14-10-25/h7-14,20-21H,4-6,15-19,22-23H2,1-3H3,(H,37,40). The van der Waals surface area contributed by atoms with Crippen molar-refractivity contribution in [2.45, 2.75) is 45.9 Å². The highest BCUT2D eigenvalue weighted by molar-refractivity contribution is 6.37. The summed E-state index contributed by atoms with van der Waals surface area (Å²) in [6.07, 6.45) is 4.10. The number of nitrogens with one attached hydrogen (secondary N) is 1. The number of fused-ring (bicyclic) bond motifs is 1. The number of likely N-dealkylation sites (tertiary alicyclic amines) is 1. The molecule has 9 nitrogen and oxygen atoms in total. The highest BCUT2D eigenvalue weighted by atomic mass is 35.5. The topological polar surface area (TPSA) is 91.3 Å². The third-order valence-corrected chi connectivity index (χ3v) is 8.40. The molecule has 0 unspecified atom stereocenters. The van der Waals surface area contributed by atoms with Crippen LogP contribution in [0.2, 0.25) is 5.02 Å². The van der Waals surface area contributed by atoms with E-state index in [1.54, 1.807) is 26.5 Å². The summed E-state index contributed by atoms with van der Waals surface area (Å²) in [5, 5.41) is 3.41. The van der Waals surface area contributed by atoms with E-state index in [0.29, 0.717) is 35.3 Å². The minimum atomic E-state index is -0.301. The Bertz CT molecular complexity index is 1660. The Morgan fingerprint density at radius 3 is 2.09 bits per heavy atom. The van der Waals surface area contributed by atoms with Gasteiger partial charge in [-0.15, -0.1) is 0 Å². The fourth-order valence-electron chi connectivity index (χ4n) is 5.50. The van der Waals surface area contributed by atoms with Crippen LogP contribution in [0.25, 0.3) is 10.9 Å². The van der Waals surface area contributed by atoms with Crippen molar-refractivity contribution in [3.63, 3.8) is 0 Å². The molecule has 45 heavy (non-hydrogen) atoms. The zero-order valence-corrected chi connectivity index (χ0v) is 26.8. The number of hydrogen-bond donors (Lipinski definition) is 1. The van der Waals surface area contributed by atoms with Gasteiger partial charge in [-0.1, -0.05) is 35.9 Å². The Kier molecular flexibility index (Phi) is 10.9. The van der Waals surface area contributed by atoms with Crippen molar-refractivity contribution in [1.29, 1.82) is 0 Å². The molecule has 10 heteroatoms. The molecule has 1 aromatic heterocycles. The molecule has 1 N–H and O–H groups in total. The Balaban J connectivity index is 1.45. The van der Waals surface area contributed by atoms with E-state index in [4.69, 9.17) is 30.5 Å². The number of carbonyl (C=O) groups excluding carboxylic acids is 1. The van der Waals surface area contributed by atoms with E-state index < -0.39 is 0 Å². The molecule has 1 aliphatic rings. The van der Waals surface area contributed by atoms with E-state index in [1.807, 2.05) is 60.0 Å². The van der Waals surface area contributed by atoms with Gasteiger partial charge in [0, 0.05) is 37.5 Å². The molecular weight excluding hydrogens is 594 g/mol. The third-order valence-electron chi connectivity index (χ3n) is 8.04. The number of ether oxygens (including phenoxy) is 4. The summed E-state index contributed by atoms with van der Waals surface area (Å²) >= 11 is 7.02. The quantitative estimate of drug-likeness (QED) is 0.193. The van der Waals surface area contributed by atoms with E-state index in [2.05, 4.69) is 10.2 Å². The van der Waals surface area contributed by atoms with Crippen molar-refractivity contribution in [1.82, 2.24) is 14.8 Å². The molecule has 3 aromatic carbocycles. The van der Waals surface area contributed by atoms with Crippen molar-refractivity contribution in [3.05, 3.63) is 92.7 Å². The van der Waals surface area contributed by atoms with Crippen molar-refractivity contribution in [2.75, 3.05) is 40.4 Å². The monoisotopic (exact) mass is 633 g/mol. The first-order chi connectivity index (χ1) is 21.9. The molecule has 2 heterocycles. The second kappa shape index (κ2) is 15.2. The van der Waals surface area contributed by atoms with E-state index in [1.165, 1.54) is 12.8 Å². The second-order valence-electron chi connectivity index (χ2n) is 11.0. The number of rotatable bonds is 14. The molecule has 0 atom stereocenters. The summed E-state index contributed by atoms with van der Waals surface area (Å²) in [6.45, 7) is 6.45. The van der Waals surface area contributed by atoms with Crippen LogP contribution in [-0.4, -0.2) is 55.8 Å². The summed E-state index contributed by atoms with van der Waals surface area (Å²) in [6, 6.07) is 16.9. The van der Waals surface area contributed by atoms with Crippen LogP contribution in [-0.2, 0) is 31.0 Å². The molecular formula is C35H40ClN3O6. The van der Waals surface area contributed by atoms with Crippen molar-refractivity contribution < 1.29 is 23.7 Å². The summed E-state index contributed by atoms with van der Waals surface area (Å²) in [5.41, 5.74) is 2.49. The average Bonchev–Trinajstić information content (AvgIpc) is 3.58. The Morgan fingerprint density at radius 1 is 0.911 bits per heavy atom. The molecule has 1 aliphatic heterocycles. The number of aromatic nitrogens is 1. The van der Waals surface area contributed by atoms with Gasteiger partial charge in [-0.25, -0.2) is 0 Å². The van der Waals surface area contributed by atoms with Crippen LogP contribution in [0.4, 0.5) is 0 Å². The highest BCUT2D eigenvalue weighted by Gasteiger charge is 2.22. The SMILES string of the molecule is CCn1cc(CC(=O)NCCN2CCCC2)c(=O)c2c(Cl)c(OCc3ccc(OC)cc3)c(OCc3ccc(OC)cc3)cc21. The zero-order valence-electron chi connectivity index (χ0n) is 26.1. The molecule has 0 aliphatic carbocycles.